The van der Waals surface area contributed by atoms with Gasteiger partial charge in [0, 0.05) is 30.2 Å². The second-order valence-electron chi connectivity index (χ2n) is 7.00. The number of halogens is 3. The Morgan fingerprint density at radius 3 is 2.34 bits per heavy atom. The number of ether oxygens (including phenoxy) is 1. The number of amides is 1. The normalized spacial score (nSPS) is 24.1. The van der Waals surface area contributed by atoms with Gasteiger partial charge in [0.05, 0.1) is 15.7 Å². The first-order valence-corrected chi connectivity index (χ1v) is 10.2. The molecule has 2 aromatic carbocycles. The van der Waals surface area contributed by atoms with Crippen molar-refractivity contribution >= 4 is 52.0 Å². The van der Waals surface area contributed by atoms with Crippen LogP contribution >= 0.6 is 34.8 Å². The lowest BCUT2D eigenvalue weighted by molar-refractivity contribution is -0.119. The molecule has 0 bridgehead atoms. The van der Waals surface area contributed by atoms with Crippen molar-refractivity contribution in [3.05, 3.63) is 80.9 Å². The first-order valence-electron chi connectivity index (χ1n) is 9.09. The minimum Gasteiger partial charge on any atom is -0.359 e. The van der Waals surface area contributed by atoms with Crippen molar-refractivity contribution in [1.82, 2.24) is 0 Å². The molecule has 1 N–H and O–H groups in total. The molecule has 150 valence electrons. The quantitative estimate of drug-likeness (QED) is 0.610. The number of rotatable bonds is 3. The highest BCUT2D eigenvalue weighted by molar-refractivity contribution is 6.40. The lowest BCUT2D eigenvalue weighted by Crippen LogP contribution is -2.43. The minimum atomic E-state index is -1.70. The molecule has 1 aliphatic carbocycles. The number of aliphatic hydroxyl groups is 1. The van der Waals surface area contributed by atoms with Gasteiger partial charge in [0.1, 0.15) is 0 Å². The number of piperidine rings is 1. The number of allylic oxidation sites excluding steroid dienone is 1. The largest absolute Gasteiger partial charge is 0.359 e. The van der Waals surface area contributed by atoms with Crippen molar-refractivity contribution in [2.24, 2.45) is 5.92 Å². The van der Waals surface area contributed by atoms with Crippen LogP contribution in [-0.2, 0) is 9.53 Å². The number of anilines is 1. The Hall–Kier alpha value is -1.82. The molecule has 1 aliphatic heterocycles. The van der Waals surface area contributed by atoms with Crippen molar-refractivity contribution in [3.63, 3.8) is 0 Å². The monoisotopic (exact) mass is 449 g/mol. The molecule has 0 aromatic heterocycles. The maximum atomic E-state index is 13.0. The van der Waals surface area contributed by atoms with E-state index in [-0.39, 0.29) is 11.8 Å². The van der Waals surface area contributed by atoms with Crippen LogP contribution in [0.4, 0.5) is 5.69 Å². The maximum Gasteiger partial charge on any atom is 0.231 e. The van der Waals surface area contributed by atoms with Crippen molar-refractivity contribution in [3.8, 4) is 0 Å². The van der Waals surface area contributed by atoms with Crippen LogP contribution in [0, 0.1) is 5.92 Å². The van der Waals surface area contributed by atoms with Gasteiger partial charge in [-0.3, -0.25) is 9.69 Å². The zero-order chi connectivity index (χ0) is 20.8. The summed E-state index contributed by atoms with van der Waals surface area (Å²) in [6, 6.07) is 12.5. The lowest BCUT2D eigenvalue weighted by Gasteiger charge is -2.42. The summed E-state index contributed by atoms with van der Waals surface area (Å²) in [6.45, 7) is 0. The van der Waals surface area contributed by atoms with Gasteiger partial charge in [0.15, 0.2) is 0 Å². The van der Waals surface area contributed by atoms with Gasteiger partial charge in [-0.05, 0) is 47.9 Å². The summed E-state index contributed by atoms with van der Waals surface area (Å²) in [7, 11) is 1.40. The third kappa shape index (κ3) is 3.60. The van der Waals surface area contributed by atoms with Crippen molar-refractivity contribution in [1.29, 1.82) is 0 Å². The SMILES string of the molecule is COC1(O)C=C(c2ccccc2Cl)C2CCC(=O)N(c3c(Cl)cccc3Cl)C2=C1. The van der Waals surface area contributed by atoms with Gasteiger partial charge >= 0.3 is 0 Å². The standard InChI is InChI=1S/C22H18Cl3NO3/c1-29-22(28)11-15(13-5-2-3-6-16(13)23)14-9-10-20(27)26(19(14)12-22)21-17(24)7-4-8-18(21)25/h2-8,11-12,14,28H,9-10H2,1H3. The van der Waals surface area contributed by atoms with Crippen molar-refractivity contribution in [2.75, 3.05) is 12.0 Å². The third-order valence-electron chi connectivity index (χ3n) is 5.28. The van der Waals surface area contributed by atoms with Crippen molar-refractivity contribution < 1.29 is 14.6 Å². The Bertz CT molecular complexity index is 1030. The van der Waals surface area contributed by atoms with Crippen molar-refractivity contribution in [2.45, 2.75) is 18.6 Å². The van der Waals surface area contributed by atoms with Gasteiger partial charge in [-0.2, -0.15) is 0 Å². The molecular formula is C22H18Cl3NO3. The van der Waals surface area contributed by atoms with E-state index in [9.17, 15) is 9.90 Å². The Labute approximate surface area is 183 Å². The van der Waals surface area contributed by atoms with E-state index >= 15 is 0 Å². The van der Waals surface area contributed by atoms with Gasteiger partial charge in [-0.25, -0.2) is 0 Å². The van der Waals surface area contributed by atoms with Gasteiger partial charge in [-0.15, -0.1) is 0 Å². The fourth-order valence-corrected chi connectivity index (χ4v) is 4.73. The second kappa shape index (κ2) is 7.78. The molecule has 1 heterocycles. The molecule has 0 saturated carbocycles. The van der Waals surface area contributed by atoms with E-state index in [1.807, 2.05) is 18.2 Å². The van der Waals surface area contributed by atoms with Crippen LogP contribution in [0.25, 0.3) is 5.57 Å². The van der Waals surface area contributed by atoms with Crippen LogP contribution in [0.5, 0.6) is 0 Å². The molecule has 2 aliphatic rings. The average molecular weight is 451 g/mol. The summed E-state index contributed by atoms with van der Waals surface area (Å²) < 4.78 is 5.35. The third-order valence-corrected chi connectivity index (χ3v) is 6.22. The number of para-hydroxylation sites is 1. The molecular weight excluding hydrogens is 433 g/mol. The molecule has 2 atom stereocenters. The molecule has 0 spiro atoms. The number of benzene rings is 2. The molecule has 1 amide bonds. The van der Waals surface area contributed by atoms with Crippen LogP contribution < -0.4 is 4.90 Å². The Morgan fingerprint density at radius 1 is 1.03 bits per heavy atom. The highest BCUT2D eigenvalue weighted by atomic mass is 35.5. The van der Waals surface area contributed by atoms with Gasteiger partial charge in [0.2, 0.25) is 11.7 Å². The van der Waals surface area contributed by atoms with E-state index in [0.717, 1.165) is 11.1 Å². The number of nitrogens with zero attached hydrogens (tertiary/aromatic N) is 1. The smallest absolute Gasteiger partial charge is 0.231 e. The first-order chi connectivity index (χ1) is 13.8. The van der Waals surface area contributed by atoms with Gasteiger partial charge < -0.3 is 9.84 Å². The summed E-state index contributed by atoms with van der Waals surface area (Å²) in [5, 5.41) is 12.3. The number of fused-ring (bicyclic) bond motifs is 1. The predicted molar refractivity (Wildman–Crippen MR) is 116 cm³/mol. The fourth-order valence-electron chi connectivity index (χ4n) is 3.92. The van der Waals surface area contributed by atoms with Crippen LogP contribution in [0.15, 0.2) is 60.3 Å². The van der Waals surface area contributed by atoms with E-state index in [4.69, 9.17) is 39.5 Å². The first kappa shape index (κ1) is 20.5. The number of carbonyl (C=O) groups is 1. The summed E-state index contributed by atoms with van der Waals surface area (Å²) in [4.78, 5) is 14.5. The molecule has 2 aromatic rings. The topological polar surface area (TPSA) is 49.8 Å². The zero-order valence-electron chi connectivity index (χ0n) is 15.5. The average Bonchev–Trinajstić information content (AvgIpc) is 2.69. The summed E-state index contributed by atoms with van der Waals surface area (Å²) in [5.74, 6) is -2.04. The Morgan fingerprint density at radius 2 is 1.69 bits per heavy atom. The summed E-state index contributed by atoms with van der Waals surface area (Å²) in [6.07, 6.45) is 4.05. The summed E-state index contributed by atoms with van der Waals surface area (Å²) >= 11 is 19.3. The molecule has 29 heavy (non-hydrogen) atoms. The highest BCUT2D eigenvalue weighted by Gasteiger charge is 2.42. The summed E-state index contributed by atoms with van der Waals surface area (Å²) in [5.41, 5.74) is 2.53. The van der Waals surface area contributed by atoms with E-state index in [2.05, 4.69) is 0 Å². The Kier molecular flexibility index (Phi) is 5.49. The maximum absolute atomic E-state index is 13.0. The zero-order valence-corrected chi connectivity index (χ0v) is 17.8. The van der Waals surface area contributed by atoms with Crippen LogP contribution in [-0.4, -0.2) is 23.9 Å². The highest BCUT2D eigenvalue weighted by Crippen LogP contribution is 2.48. The van der Waals surface area contributed by atoms with Crippen LogP contribution in [0.2, 0.25) is 15.1 Å². The number of hydrogen-bond donors (Lipinski definition) is 1. The van der Waals surface area contributed by atoms with Gasteiger partial charge in [-0.1, -0.05) is 59.1 Å². The predicted octanol–water partition coefficient (Wildman–Crippen LogP) is 5.71. The fraction of sp³-hybridized carbons (Fsp3) is 0.227. The van der Waals surface area contributed by atoms with E-state index in [1.54, 1.807) is 30.3 Å². The molecule has 1 fully saturated rings. The number of carbonyl (C=O) groups excluding carboxylic acids is 1. The Balaban J connectivity index is 1.91. The number of methoxy groups -OCH3 is 1. The minimum absolute atomic E-state index is 0.152. The van der Waals surface area contributed by atoms with Crippen LogP contribution in [0.3, 0.4) is 0 Å². The molecule has 7 heteroatoms. The lowest BCUT2D eigenvalue weighted by atomic mass is 9.78. The van der Waals surface area contributed by atoms with E-state index < -0.39 is 5.79 Å². The number of hydrogen-bond acceptors (Lipinski definition) is 3. The molecule has 1 saturated heterocycles. The molecule has 2 unspecified atom stereocenters. The molecule has 4 rings (SSSR count). The van der Waals surface area contributed by atoms with E-state index in [0.29, 0.717) is 39.3 Å². The van der Waals surface area contributed by atoms with Gasteiger partial charge in [0.25, 0.3) is 0 Å². The van der Waals surface area contributed by atoms with E-state index in [1.165, 1.54) is 18.1 Å². The molecule has 4 nitrogen and oxygen atoms in total. The molecule has 0 radical (unpaired) electrons. The van der Waals surface area contributed by atoms with Crippen LogP contribution in [0.1, 0.15) is 18.4 Å². The second-order valence-corrected chi connectivity index (χ2v) is 8.22.